The van der Waals surface area contributed by atoms with E-state index in [9.17, 15) is 22.0 Å². The summed E-state index contributed by atoms with van der Waals surface area (Å²) in [6.07, 6.45) is -4.49. The molecule has 0 aliphatic rings. The number of benzene rings is 2. The normalized spacial score (nSPS) is 11.5. The van der Waals surface area contributed by atoms with E-state index in [0.29, 0.717) is 5.56 Å². The molecule has 7 heteroatoms. The number of nitrogens with two attached hydrogens (primary N) is 1. The molecule has 21 heavy (non-hydrogen) atoms. The van der Waals surface area contributed by atoms with E-state index in [4.69, 9.17) is 10.5 Å². The predicted molar refractivity (Wildman–Crippen MR) is 66.5 cm³/mol. The van der Waals surface area contributed by atoms with Gasteiger partial charge < -0.3 is 10.5 Å². The molecule has 0 spiro atoms. The summed E-state index contributed by atoms with van der Waals surface area (Å²) in [5.74, 6) is -1.99. The third kappa shape index (κ3) is 3.62. The van der Waals surface area contributed by atoms with Crippen molar-refractivity contribution in [3.63, 3.8) is 0 Å². The highest BCUT2D eigenvalue weighted by molar-refractivity contribution is 5.54. The summed E-state index contributed by atoms with van der Waals surface area (Å²) in [6.45, 7) is -0.146. The number of alkyl halides is 3. The molecule has 0 aromatic heterocycles. The third-order valence-corrected chi connectivity index (χ3v) is 2.72. The highest BCUT2D eigenvalue weighted by Crippen LogP contribution is 2.33. The van der Waals surface area contributed by atoms with Crippen LogP contribution in [-0.4, -0.2) is 0 Å². The molecule has 0 bridgehead atoms. The Labute approximate surface area is 116 Å². The average molecular weight is 303 g/mol. The van der Waals surface area contributed by atoms with Gasteiger partial charge in [0.1, 0.15) is 12.4 Å². The van der Waals surface area contributed by atoms with Gasteiger partial charge in [-0.2, -0.15) is 13.2 Å². The van der Waals surface area contributed by atoms with Gasteiger partial charge in [0.05, 0.1) is 11.3 Å². The van der Waals surface area contributed by atoms with Crippen LogP contribution in [0.2, 0.25) is 0 Å². The maximum absolute atomic E-state index is 13.0. The standard InChI is InChI=1S/C14H10F5NO/c15-10-3-1-8(5-11(10)16)7-21-13-4-2-9(6-12(13)20)14(17,18)19/h1-6H,7,20H2. The smallest absolute Gasteiger partial charge is 0.416 e. The van der Waals surface area contributed by atoms with Gasteiger partial charge in [0.2, 0.25) is 0 Å². The summed E-state index contributed by atoms with van der Waals surface area (Å²) in [4.78, 5) is 0. The van der Waals surface area contributed by atoms with Crippen LogP contribution >= 0.6 is 0 Å². The molecule has 0 fully saturated rings. The molecule has 0 unspecified atom stereocenters. The van der Waals surface area contributed by atoms with Crippen molar-refractivity contribution in [1.29, 1.82) is 0 Å². The van der Waals surface area contributed by atoms with Crippen molar-refractivity contribution in [2.75, 3.05) is 5.73 Å². The van der Waals surface area contributed by atoms with Crippen LogP contribution in [0.4, 0.5) is 27.6 Å². The second-order valence-electron chi connectivity index (χ2n) is 4.29. The van der Waals surface area contributed by atoms with Gasteiger partial charge >= 0.3 is 6.18 Å². The Bertz CT molecular complexity index is 654. The molecule has 2 aromatic carbocycles. The maximum Gasteiger partial charge on any atom is 0.416 e. The third-order valence-electron chi connectivity index (χ3n) is 2.72. The van der Waals surface area contributed by atoms with E-state index < -0.39 is 23.4 Å². The highest BCUT2D eigenvalue weighted by Gasteiger charge is 2.30. The van der Waals surface area contributed by atoms with Gasteiger partial charge in [0.25, 0.3) is 0 Å². The van der Waals surface area contributed by atoms with Crippen molar-refractivity contribution in [3.8, 4) is 5.75 Å². The number of rotatable bonds is 3. The zero-order chi connectivity index (χ0) is 15.6. The van der Waals surface area contributed by atoms with Crippen molar-refractivity contribution >= 4 is 5.69 Å². The first-order chi connectivity index (χ1) is 9.77. The lowest BCUT2D eigenvalue weighted by atomic mass is 10.2. The fraction of sp³-hybridized carbons (Fsp3) is 0.143. The van der Waals surface area contributed by atoms with E-state index in [2.05, 4.69) is 0 Å². The van der Waals surface area contributed by atoms with Crippen LogP contribution in [-0.2, 0) is 12.8 Å². The molecular formula is C14H10F5NO. The molecule has 0 radical (unpaired) electrons. The zero-order valence-corrected chi connectivity index (χ0v) is 10.5. The van der Waals surface area contributed by atoms with Gasteiger partial charge in [0, 0.05) is 0 Å². The van der Waals surface area contributed by atoms with E-state index in [1.165, 1.54) is 6.07 Å². The van der Waals surface area contributed by atoms with Crippen LogP contribution in [0.15, 0.2) is 36.4 Å². The van der Waals surface area contributed by atoms with Gasteiger partial charge in [-0.05, 0) is 35.9 Å². The van der Waals surface area contributed by atoms with Crippen molar-refractivity contribution in [2.45, 2.75) is 12.8 Å². The minimum Gasteiger partial charge on any atom is -0.487 e. The van der Waals surface area contributed by atoms with E-state index in [-0.39, 0.29) is 18.0 Å². The molecule has 2 N–H and O–H groups in total. The summed E-state index contributed by atoms with van der Waals surface area (Å²) in [6, 6.07) is 5.84. The fourth-order valence-electron chi connectivity index (χ4n) is 1.65. The molecule has 2 nitrogen and oxygen atoms in total. The summed E-state index contributed by atoms with van der Waals surface area (Å²) < 4.78 is 68.3. The van der Waals surface area contributed by atoms with Crippen LogP contribution in [0.25, 0.3) is 0 Å². The number of hydrogen-bond acceptors (Lipinski definition) is 2. The van der Waals surface area contributed by atoms with Gasteiger partial charge in [0.15, 0.2) is 11.6 Å². The average Bonchev–Trinajstić information content (AvgIpc) is 2.40. The number of hydrogen-bond donors (Lipinski definition) is 1. The predicted octanol–water partition coefficient (Wildman–Crippen LogP) is 4.14. The first-order valence-electron chi connectivity index (χ1n) is 5.81. The molecular weight excluding hydrogens is 293 g/mol. The number of halogens is 5. The monoisotopic (exact) mass is 303 g/mol. The van der Waals surface area contributed by atoms with Gasteiger partial charge in [-0.25, -0.2) is 8.78 Å². The van der Waals surface area contributed by atoms with Crippen molar-refractivity contribution in [1.82, 2.24) is 0 Å². The Kier molecular flexibility index (Phi) is 4.02. The highest BCUT2D eigenvalue weighted by atomic mass is 19.4. The molecule has 2 aromatic rings. The van der Waals surface area contributed by atoms with E-state index in [1.54, 1.807) is 0 Å². The molecule has 2 rings (SSSR count). The first kappa shape index (κ1) is 15.1. The molecule has 0 amide bonds. The van der Waals surface area contributed by atoms with E-state index >= 15 is 0 Å². The largest absolute Gasteiger partial charge is 0.487 e. The fourth-order valence-corrected chi connectivity index (χ4v) is 1.65. The lowest BCUT2D eigenvalue weighted by Crippen LogP contribution is -2.06. The quantitative estimate of drug-likeness (QED) is 0.683. The summed E-state index contributed by atoms with van der Waals surface area (Å²) in [5, 5.41) is 0. The van der Waals surface area contributed by atoms with Gasteiger partial charge in [-0.15, -0.1) is 0 Å². The summed E-state index contributed by atoms with van der Waals surface area (Å²) in [5.41, 5.74) is 4.73. The molecule has 0 saturated heterocycles. The Morgan fingerprint density at radius 3 is 2.24 bits per heavy atom. The molecule has 112 valence electrons. The second-order valence-corrected chi connectivity index (χ2v) is 4.29. The Balaban J connectivity index is 2.11. The maximum atomic E-state index is 13.0. The minimum absolute atomic E-state index is 0.0349. The summed E-state index contributed by atoms with van der Waals surface area (Å²) in [7, 11) is 0. The van der Waals surface area contributed by atoms with E-state index in [1.807, 2.05) is 0 Å². The van der Waals surface area contributed by atoms with Crippen LogP contribution in [0, 0.1) is 11.6 Å². The van der Waals surface area contributed by atoms with Crippen LogP contribution in [0.5, 0.6) is 5.75 Å². The second kappa shape index (κ2) is 5.59. The van der Waals surface area contributed by atoms with E-state index in [0.717, 1.165) is 30.3 Å². The lowest BCUT2D eigenvalue weighted by Gasteiger charge is -2.12. The molecule has 0 atom stereocenters. The summed E-state index contributed by atoms with van der Waals surface area (Å²) >= 11 is 0. The molecule has 0 saturated carbocycles. The molecule has 0 aliphatic carbocycles. The number of nitrogen functional groups attached to an aromatic ring is 1. The number of anilines is 1. The van der Waals surface area contributed by atoms with Gasteiger partial charge in [-0.3, -0.25) is 0 Å². The topological polar surface area (TPSA) is 35.2 Å². The Morgan fingerprint density at radius 1 is 0.952 bits per heavy atom. The molecule has 0 aliphatic heterocycles. The van der Waals surface area contributed by atoms with Gasteiger partial charge in [-0.1, -0.05) is 6.07 Å². The minimum atomic E-state index is -4.49. The first-order valence-corrected chi connectivity index (χ1v) is 5.81. The Hall–Kier alpha value is -2.31. The molecule has 0 heterocycles. The SMILES string of the molecule is Nc1cc(C(F)(F)F)ccc1OCc1ccc(F)c(F)c1. The van der Waals surface area contributed by atoms with Crippen molar-refractivity contribution < 1.29 is 26.7 Å². The van der Waals surface area contributed by atoms with Crippen LogP contribution in [0.3, 0.4) is 0 Å². The van der Waals surface area contributed by atoms with Crippen molar-refractivity contribution in [2.24, 2.45) is 0 Å². The van der Waals surface area contributed by atoms with Crippen molar-refractivity contribution in [3.05, 3.63) is 59.2 Å². The zero-order valence-electron chi connectivity index (χ0n) is 10.5. The lowest BCUT2D eigenvalue weighted by molar-refractivity contribution is -0.137. The van der Waals surface area contributed by atoms with Crippen LogP contribution in [0.1, 0.15) is 11.1 Å². The Morgan fingerprint density at radius 2 is 1.67 bits per heavy atom. The van der Waals surface area contributed by atoms with Crippen LogP contribution < -0.4 is 10.5 Å². The number of ether oxygens (including phenoxy) is 1.